The fourth-order valence-corrected chi connectivity index (χ4v) is 9.17. The quantitative estimate of drug-likeness (QED) is 0.321. The van der Waals surface area contributed by atoms with Crippen LogP contribution in [-0.4, -0.2) is 35.7 Å². The summed E-state index contributed by atoms with van der Waals surface area (Å²) in [7, 11) is -5.90. The Labute approximate surface area is 177 Å². The molecular weight excluding hydrogens is 400 g/mol. The zero-order valence-electron chi connectivity index (χ0n) is 18.2. The van der Waals surface area contributed by atoms with Gasteiger partial charge in [0.25, 0.3) is 18.4 Å². The Balaban J connectivity index is 2.17. The second-order valence-electron chi connectivity index (χ2n) is 8.62. The van der Waals surface area contributed by atoms with E-state index in [4.69, 9.17) is 8.61 Å². The smallest absolute Gasteiger partial charge is 0.264 e. The monoisotopic (exact) mass is 434 g/mol. The number of hydrogen-bond donors (Lipinski definition) is 0. The Bertz CT molecular complexity index is 806. The second kappa shape index (κ2) is 10.0. The van der Waals surface area contributed by atoms with Crippen molar-refractivity contribution >= 4 is 28.8 Å². The maximum absolute atomic E-state index is 11.2. The summed E-state index contributed by atoms with van der Waals surface area (Å²) in [6, 6.07) is 21.2. The highest BCUT2D eigenvalue weighted by atomic mass is 32.2. The summed E-state index contributed by atoms with van der Waals surface area (Å²) in [6.07, 6.45) is 3.20. The van der Waals surface area contributed by atoms with Gasteiger partial charge >= 0.3 is 0 Å². The van der Waals surface area contributed by atoms with Gasteiger partial charge in [-0.2, -0.15) is 8.42 Å². The molecule has 0 bridgehead atoms. The van der Waals surface area contributed by atoms with Gasteiger partial charge < -0.3 is 4.43 Å². The molecule has 2 rings (SSSR count). The first-order valence-corrected chi connectivity index (χ1v) is 13.9. The van der Waals surface area contributed by atoms with Crippen molar-refractivity contribution < 1.29 is 17.0 Å². The lowest BCUT2D eigenvalue weighted by atomic mass is 10.2. The molecule has 160 valence electrons. The molecule has 0 amide bonds. The summed E-state index contributed by atoms with van der Waals surface area (Å²) in [5.41, 5.74) is 0. The van der Waals surface area contributed by atoms with Gasteiger partial charge in [0.05, 0.1) is 12.4 Å². The molecule has 0 spiro atoms. The first-order chi connectivity index (χ1) is 13.6. The largest absolute Gasteiger partial charge is 0.407 e. The molecule has 6 heteroatoms. The molecule has 0 aliphatic rings. The van der Waals surface area contributed by atoms with E-state index in [0.29, 0.717) is 13.0 Å². The number of hydrogen-bond acceptors (Lipinski definition) is 4. The van der Waals surface area contributed by atoms with Gasteiger partial charge in [0.1, 0.15) is 0 Å². The normalized spacial score (nSPS) is 14.0. The van der Waals surface area contributed by atoms with Gasteiger partial charge in [-0.05, 0) is 41.6 Å². The summed E-state index contributed by atoms with van der Waals surface area (Å²) in [4.78, 5) is 0. The summed E-state index contributed by atoms with van der Waals surface area (Å²) < 4.78 is 34.3. The highest BCUT2D eigenvalue weighted by Gasteiger charge is 2.49. The van der Waals surface area contributed by atoms with Crippen LogP contribution in [0.4, 0.5) is 0 Å². The Morgan fingerprint density at radius 1 is 0.897 bits per heavy atom. The van der Waals surface area contributed by atoms with Crippen LogP contribution in [0.3, 0.4) is 0 Å². The molecule has 0 unspecified atom stereocenters. The Hall–Kier alpha value is -1.47. The second-order valence-corrected chi connectivity index (χ2v) is 14.5. The van der Waals surface area contributed by atoms with Crippen LogP contribution in [-0.2, 0) is 18.7 Å². The molecule has 4 nitrogen and oxygen atoms in total. The van der Waals surface area contributed by atoms with Crippen molar-refractivity contribution in [2.24, 2.45) is 0 Å². The van der Waals surface area contributed by atoms with Crippen molar-refractivity contribution in [1.82, 2.24) is 0 Å². The molecule has 0 saturated heterocycles. The van der Waals surface area contributed by atoms with Gasteiger partial charge in [0.2, 0.25) is 0 Å². The van der Waals surface area contributed by atoms with E-state index in [1.54, 1.807) is 6.92 Å². The third kappa shape index (κ3) is 6.51. The molecule has 0 aromatic heterocycles. The molecule has 0 saturated carbocycles. The molecular formula is C23H34O4SSi. The minimum atomic E-state index is -3.41. The zero-order chi connectivity index (χ0) is 21.5. The van der Waals surface area contributed by atoms with E-state index < -0.39 is 18.4 Å². The molecule has 2 aromatic rings. The highest BCUT2D eigenvalue weighted by molar-refractivity contribution is 7.86. The van der Waals surface area contributed by atoms with Crippen LogP contribution in [0.5, 0.6) is 0 Å². The molecule has 29 heavy (non-hydrogen) atoms. The van der Waals surface area contributed by atoms with Crippen LogP contribution in [0.25, 0.3) is 0 Å². The van der Waals surface area contributed by atoms with Gasteiger partial charge in [-0.3, -0.25) is 4.18 Å². The standard InChI is InChI=1S/C23H34O4SSi/c1-20(27-28(5,24)25)14-12-13-19-26-29(23(2,3)4,21-15-8-6-9-16-21)22-17-10-7-11-18-22/h6-11,15-18,20H,12-14,19H2,1-5H3/t20-/m1/s1. The van der Waals surface area contributed by atoms with E-state index in [1.165, 1.54) is 10.4 Å². The van der Waals surface area contributed by atoms with Crippen LogP contribution in [0, 0.1) is 0 Å². The van der Waals surface area contributed by atoms with Gasteiger partial charge in [-0.15, -0.1) is 0 Å². The van der Waals surface area contributed by atoms with Crippen LogP contribution in [0.2, 0.25) is 5.04 Å². The van der Waals surface area contributed by atoms with Gasteiger partial charge in [-0.1, -0.05) is 81.4 Å². The minimum absolute atomic E-state index is 0.0393. The summed E-state index contributed by atoms with van der Waals surface area (Å²) in [5, 5.41) is 2.50. The summed E-state index contributed by atoms with van der Waals surface area (Å²) in [6.45, 7) is 9.23. The Morgan fingerprint density at radius 3 is 1.79 bits per heavy atom. The third-order valence-corrected chi connectivity index (χ3v) is 10.8. The zero-order valence-corrected chi connectivity index (χ0v) is 20.0. The molecule has 0 aliphatic heterocycles. The van der Waals surface area contributed by atoms with Gasteiger partial charge in [0, 0.05) is 6.61 Å². The fraction of sp³-hybridized carbons (Fsp3) is 0.478. The average Bonchev–Trinajstić information content (AvgIpc) is 2.63. The molecule has 0 radical (unpaired) electrons. The number of rotatable bonds is 10. The van der Waals surface area contributed by atoms with Crippen molar-refractivity contribution in [3.05, 3.63) is 60.7 Å². The van der Waals surface area contributed by atoms with Crippen molar-refractivity contribution in [3.8, 4) is 0 Å². The van der Waals surface area contributed by atoms with E-state index >= 15 is 0 Å². The van der Waals surface area contributed by atoms with Crippen LogP contribution in [0.15, 0.2) is 60.7 Å². The Kier molecular flexibility index (Phi) is 8.23. The predicted octanol–water partition coefficient (Wildman–Crippen LogP) is 4.10. The minimum Gasteiger partial charge on any atom is -0.407 e. The lowest BCUT2D eigenvalue weighted by Crippen LogP contribution is -2.66. The highest BCUT2D eigenvalue weighted by Crippen LogP contribution is 2.36. The average molecular weight is 435 g/mol. The van der Waals surface area contributed by atoms with Crippen molar-refractivity contribution in [2.75, 3.05) is 12.9 Å². The molecule has 1 atom stereocenters. The molecule has 0 N–H and O–H groups in total. The molecule has 0 aliphatic carbocycles. The van der Waals surface area contributed by atoms with Crippen molar-refractivity contribution in [1.29, 1.82) is 0 Å². The lowest BCUT2D eigenvalue weighted by molar-refractivity contribution is 0.209. The fourth-order valence-electron chi connectivity index (χ4n) is 3.87. The SMILES string of the molecule is C[C@H](CCCCO[Si](c1ccccc1)(c1ccccc1)C(C)(C)C)OS(C)(=O)=O. The number of benzene rings is 2. The van der Waals surface area contributed by atoms with Crippen LogP contribution in [0.1, 0.15) is 47.0 Å². The predicted molar refractivity (Wildman–Crippen MR) is 123 cm³/mol. The maximum atomic E-state index is 11.2. The number of unbranched alkanes of at least 4 members (excludes halogenated alkanes) is 1. The lowest BCUT2D eigenvalue weighted by Gasteiger charge is -2.43. The van der Waals surface area contributed by atoms with E-state index in [9.17, 15) is 8.42 Å². The molecule has 0 heterocycles. The van der Waals surface area contributed by atoms with E-state index in [1.807, 2.05) is 12.1 Å². The topological polar surface area (TPSA) is 52.6 Å². The maximum Gasteiger partial charge on any atom is 0.264 e. The van der Waals surface area contributed by atoms with E-state index in [-0.39, 0.29) is 11.1 Å². The Morgan fingerprint density at radius 2 is 1.38 bits per heavy atom. The molecule has 0 fully saturated rings. The first kappa shape index (κ1) is 23.8. The first-order valence-electron chi connectivity index (χ1n) is 10.2. The van der Waals surface area contributed by atoms with Crippen LogP contribution >= 0.6 is 0 Å². The third-order valence-electron chi connectivity index (χ3n) is 5.08. The van der Waals surface area contributed by atoms with Crippen LogP contribution < -0.4 is 10.4 Å². The van der Waals surface area contributed by atoms with Crippen molar-refractivity contribution in [3.63, 3.8) is 0 Å². The van der Waals surface area contributed by atoms with E-state index in [2.05, 4.69) is 69.3 Å². The summed E-state index contributed by atoms with van der Waals surface area (Å²) in [5.74, 6) is 0. The van der Waals surface area contributed by atoms with Crippen molar-refractivity contribution in [2.45, 2.75) is 58.1 Å². The molecule has 2 aromatic carbocycles. The van der Waals surface area contributed by atoms with Gasteiger partial charge in [0.15, 0.2) is 0 Å². The van der Waals surface area contributed by atoms with E-state index in [0.717, 1.165) is 19.1 Å². The van der Waals surface area contributed by atoms with Gasteiger partial charge in [-0.25, -0.2) is 0 Å². The summed E-state index contributed by atoms with van der Waals surface area (Å²) >= 11 is 0.